The van der Waals surface area contributed by atoms with Crippen molar-refractivity contribution in [2.24, 2.45) is 16.7 Å². The van der Waals surface area contributed by atoms with Gasteiger partial charge in [0.15, 0.2) is 0 Å². The second-order valence-corrected chi connectivity index (χ2v) is 10.2. The van der Waals surface area contributed by atoms with Crippen LogP contribution in [0.1, 0.15) is 50.9 Å². The number of piperidine rings is 1. The number of esters is 1. The highest BCUT2D eigenvalue weighted by Crippen LogP contribution is 2.60. The SMILES string of the molecule is CCOC(=O)c1c(-c2ccccc2)csc1NC(=O)CN1C(=O)C2CCC(C)(C1=O)C2(C)C. The van der Waals surface area contributed by atoms with E-state index >= 15 is 0 Å². The van der Waals surface area contributed by atoms with E-state index in [1.54, 1.807) is 12.3 Å². The summed E-state index contributed by atoms with van der Waals surface area (Å²) in [5, 5.41) is 4.87. The van der Waals surface area contributed by atoms with Gasteiger partial charge >= 0.3 is 5.97 Å². The lowest BCUT2D eigenvalue weighted by molar-refractivity contribution is -0.168. The number of amides is 3. The fraction of sp³-hybridized carbons (Fsp3) is 0.440. The van der Waals surface area contributed by atoms with E-state index in [4.69, 9.17) is 4.74 Å². The third-order valence-electron chi connectivity index (χ3n) is 7.42. The van der Waals surface area contributed by atoms with Crippen molar-refractivity contribution in [3.05, 3.63) is 41.3 Å². The lowest BCUT2D eigenvalue weighted by Gasteiger charge is -2.47. The lowest BCUT2D eigenvalue weighted by Crippen LogP contribution is -2.60. The van der Waals surface area contributed by atoms with Gasteiger partial charge in [-0.1, -0.05) is 51.1 Å². The Morgan fingerprint density at radius 2 is 1.88 bits per heavy atom. The molecule has 2 aliphatic rings. The van der Waals surface area contributed by atoms with Gasteiger partial charge in [0.05, 0.1) is 12.0 Å². The minimum atomic E-state index is -0.675. The van der Waals surface area contributed by atoms with E-state index in [0.29, 0.717) is 23.4 Å². The highest BCUT2D eigenvalue weighted by Gasteiger charge is 2.64. The van der Waals surface area contributed by atoms with E-state index in [2.05, 4.69) is 5.32 Å². The van der Waals surface area contributed by atoms with Gasteiger partial charge in [0, 0.05) is 16.9 Å². The number of rotatable bonds is 6. The molecule has 1 N–H and O–H groups in total. The number of hydrogen-bond acceptors (Lipinski definition) is 6. The van der Waals surface area contributed by atoms with Crippen LogP contribution in [0.5, 0.6) is 0 Å². The van der Waals surface area contributed by atoms with Crippen molar-refractivity contribution in [2.75, 3.05) is 18.5 Å². The van der Waals surface area contributed by atoms with E-state index in [1.165, 1.54) is 11.3 Å². The van der Waals surface area contributed by atoms with Crippen LogP contribution < -0.4 is 5.32 Å². The quantitative estimate of drug-likeness (QED) is 0.503. The molecule has 1 saturated carbocycles. The molecule has 4 rings (SSSR count). The monoisotopic (exact) mass is 468 g/mol. The molecule has 2 heterocycles. The minimum Gasteiger partial charge on any atom is -0.462 e. The summed E-state index contributed by atoms with van der Waals surface area (Å²) in [5.74, 6) is -1.94. The lowest BCUT2D eigenvalue weighted by atomic mass is 9.62. The summed E-state index contributed by atoms with van der Waals surface area (Å²) in [6, 6.07) is 9.36. The summed E-state index contributed by atoms with van der Waals surface area (Å²) in [6.07, 6.45) is 1.27. The normalized spacial score (nSPS) is 23.5. The van der Waals surface area contributed by atoms with E-state index < -0.39 is 22.7 Å². The van der Waals surface area contributed by atoms with E-state index in [-0.39, 0.29) is 36.4 Å². The summed E-state index contributed by atoms with van der Waals surface area (Å²) in [5.41, 5.74) is 0.637. The standard InChI is InChI=1S/C25H28N2O5S/c1-5-32-22(30)19-16(15-9-7-6-8-10-15)14-33-20(19)26-18(28)13-27-21(29)17-11-12-25(4,23(27)31)24(17,2)3/h6-10,14,17H,5,11-13H2,1-4H3,(H,26,28). The van der Waals surface area contributed by atoms with Crippen molar-refractivity contribution in [2.45, 2.75) is 40.5 Å². The summed E-state index contributed by atoms with van der Waals surface area (Å²) in [7, 11) is 0. The van der Waals surface area contributed by atoms with Gasteiger partial charge in [0.1, 0.15) is 17.1 Å². The molecule has 1 saturated heterocycles. The summed E-state index contributed by atoms with van der Waals surface area (Å²) in [4.78, 5) is 53.0. The molecular formula is C25H28N2O5S. The number of carbonyl (C=O) groups is 4. The van der Waals surface area contributed by atoms with E-state index in [0.717, 1.165) is 10.5 Å². The largest absolute Gasteiger partial charge is 0.462 e. The van der Waals surface area contributed by atoms with Gasteiger partial charge in [0.25, 0.3) is 0 Å². The van der Waals surface area contributed by atoms with Crippen molar-refractivity contribution in [1.82, 2.24) is 4.90 Å². The predicted molar refractivity (Wildman–Crippen MR) is 126 cm³/mol. The summed E-state index contributed by atoms with van der Waals surface area (Å²) in [6.45, 7) is 7.34. The van der Waals surface area contributed by atoms with Crippen LogP contribution in [0.2, 0.25) is 0 Å². The molecule has 3 amide bonds. The molecule has 8 heteroatoms. The van der Waals surface area contributed by atoms with Crippen molar-refractivity contribution < 1.29 is 23.9 Å². The molecule has 2 atom stereocenters. The second kappa shape index (κ2) is 8.41. The molecule has 2 bridgehead atoms. The van der Waals surface area contributed by atoms with Gasteiger partial charge < -0.3 is 10.1 Å². The smallest absolute Gasteiger partial charge is 0.341 e. The molecule has 1 aliphatic heterocycles. The van der Waals surface area contributed by atoms with Crippen LogP contribution in [0, 0.1) is 16.7 Å². The van der Waals surface area contributed by atoms with E-state index in [9.17, 15) is 19.2 Å². The van der Waals surface area contributed by atoms with Gasteiger partial charge in [-0.15, -0.1) is 11.3 Å². The Morgan fingerprint density at radius 3 is 2.55 bits per heavy atom. The second-order valence-electron chi connectivity index (χ2n) is 9.36. The zero-order chi connectivity index (χ0) is 24.0. The number of thiophene rings is 1. The Morgan fingerprint density at radius 1 is 1.18 bits per heavy atom. The van der Waals surface area contributed by atoms with E-state index in [1.807, 2.05) is 51.1 Å². The number of nitrogens with one attached hydrogen (secondary N) is 1. The summed E-state index contributed by atoms with van der Waals surface area (Å²) >= 11 is 1.21. The minimum absolute atomic E-state index is 0.197. The molecule has 0 spiro atoms. The zero-order valence-corrected chi connectivity index (χ0v) is 20.1. The van der Waals surface area contributed by atoms with Crippen LogP contribution in [0.3, 0.4) is 0 Å². The summed E-state index contributed by atoms with van der Waals surface area (Å²) < 4.78 is 5.23. The first-order valence-corrected chi connectivity index (χ1v) is 12.0. The Labute approximate surface area is 197 Å². The molecule has 7 nitrogen and oxygen atoms in total. The topological polar surface area (TPSA) is 92.8 Å². The zero-order valence-electron chi connectivity index (χ0n) is 19.3. The highest BCUT2D eigenvalue weighted by atomic mass is 32.1. The Kier molecular flexibility index (Phi) is 5.90. The Balaban J connectivity index is 1.58. The van der Waals surface area contributed by atoms with Gasteiger partial charge in [-0.3, -0.25) is 19.3 Å². The molecule has 2 aromatic rings. The van der Waals surface area contributed by atoms with Crippen LogP contribution in [0.4, 0.5) is 5.00 Å². The van der Waals surface area contributed by atoms with Crippen LogP contribution in [-0.4, -0.2) is 41.7 Å². The highest BCUT2D eigenvalue weighted by molar-refractivity contribution is 7.15. The molecule has 0 radical (unpaired) electrons. The number of likely N-dealkylation sites (tertiary alicyclic amines) is 1. The first-order valence-electron chi connectivity index (χ1n) is 11.1. The number of anilines is 1. The first-order chi connectivity index (χ1) is 15.6. The fourth-order valence-electron chi connectivity index (χ4n) is 5.05. The number of nitrogens with zero attached hydrogens (tertiary/aromatic N) is 1. The van der Waals surface area contributed by atoms with Gasteiger partial charge in [-0.25, -0.2) is 4.79 Å². The number of fused-ring (bicyclic) bond motifs is 2. The molecule has 2 fully saturated rings. The number of benzene rings is 1. The maximum atomic E-state index is 13.2. The van der Waals surface area contributed by atoms with Crippen molar-refractivity contribution >= 4 is 40.0 Å². The molecule has 174 valence electrons. The van der Waals surface area contributed by atoms with Crippen LogP contribution >= 0.6 is 11.3 Å². The Hall–Kier alpha value is -3.00. The fourth-order valence-corrected chi connectivity index (χ4v) is 6.02. The predicted octanol–water partition coefficient (Wildman–Crippen LogP) is 4.34. The molecule has 1 aromatic heterocycles. The van der Waals surface area contributed by atoms with Crippen molar-refractivity contribution in [1.29, 1.82) is 0 Å². The average Bonchev–Trinajstić information content (AvgIpc) is 3.27. The molecule has 1 aromatic carbocycles. The van der Waals surface area contributed by atoms with Crippen LogP contribution in [0.25, 0.3) is 11.1 Å². The third kappa shape index (κ3) is 3.66. The molecule has 33 heavy (non-hydrogen) atoms. The van der Waals surface area contributed by atoms with Crippen LogP contribution in [-0.2, 0) is 19.1 Å². The Bertz CT molecular complexity index is 1120. The number of hydrogen-bond donors (Lipinski definition) is 1. The van der Waals surface area contributed by atoms with Crippen molar-refractivity contribution in [3.8, 4) is 11.1 Å². The molecular weight excluding hydrogens is 440 g/mol. The number of imide groups is 1. The third-order valence-corrected chi connectivity index (χ3v) is 8.31. The van der Waals surface area contributed by atoms with Crippen molar-refractivity contribution in [3.63, 3.8) is 0 Å². The first kappa shape index (κ1) is 23.2. The van der Waals surface area contributed by atoms with Crippen LogP contribution in [0.15, 0.2) is 35.7 Å². The molecule has 1 aliphatic carbocycles. The average molecular weight is 469 g/mol. The molecule has 2 unspecified atom stereocenters. The maximum absolute atomic E-state index is 13.2. The number of ether oxygens (including phenoxy) is 1. The van der Waals surface area contributed by atoms with Gasteiger partial charge in [-0.05, 0) is 30.7 Å². The van der Waals surface area contributed by atoms with Gasteiger partial charge in [0.2, 0.25) is 17.7 Å². The van der Waals surface area contributed by atoms with Gasteiger partial charge in [-0.2, -0.15) is 0 Å². The number of carbonyl (C=O) groups excluding carboxylic acids is 4. The maximum Gasteiger partial charge on any atom is 0.341 e.